The lowest BCUT2D eigenvalue weighted by Gasteiger charge is -2.14. The number of hydrogen-bond donors (Lipinski definition) is 8. The molecule has 0 saturated heterocycles. The number of rotatable bonds is 10. The van der Waals surface area contributed by atoms with E-state index in [0.29, 0.717) is 45.5 Å². The summed E-state index contributed by atoms with van der Waals surface area (Å²) in [6, 6.07) is 20.1. The molecule has 13 N–H and O–H groups in total. The van der Waals surface area contributed by atoms with Gasteiger partial charge >= 0.3 is 0 Å². The molecule has 0 spiro atoms. The first-order chi connectivity index (χ1) is 27.3. The summed E-state index contributed by atoms with van der Waals surface area (Å²) in [6.45, 7) is 3.59. The normalized spacial score (nSPS) is 12.6. The third-order valence-electron chi connectivity index (χ3n) is 8.48. The van der Waals surface area contributed by atoms with Crippen LogP contribution in [0.3, 0.4) is 0 Å². The molecule has 58 heavy (non-hydrogen) atoms. The minimum Gasteiger partial charge on any atom is -0.505 e. The minimum atomic E-state index is -5.13. The highest BCUT2D eigenvalue weighted by Gasteiger charge is 2.28. The Balaban J connectivity index is 1.34. The third-order valence-corrected chi connectivity index (χ3v) is 10.2. The van der Waals surface area contributed by atoms with Gasteiger partial charge < -0.3 is 33.8 Å². The van der Waals surface area contributed by atoms with Gasteiger partial charge in [0.2, 0.25) is 0 Å². The lowest BCUT2D eigenvalue weighted by molar-refractivity contribution is 0.472. The van der Waals surface area contributed by atoms with Gasteiger partial charge in [-0.3, -0.25) is 9.11 Å². The fraction of sp³-hybridized carbons (Fsp3) is 0.0556. The van der Waals surface area contributed by atoms with Crippen molar-refractivity contribution in [3.05, 3.63) is 96.1 Å². The number of hydrogen-bond acceptors (Lipinski definition) is 18. The van der Waals surface area contributed by atoms with Crippen molar-refractivity contribution in [3.63, 3.8) is 0 Å². The second-order valence-electron chi connectivity index (χ2n) is 12.6. The molecule has 0 aliphatic heterocycles. The van der Waals surface area contributed by atoms with Crippen LogP contribution in [0.5, 0.6) is 5.75 Å². The van der Waals surface area contributed by atoms with Gasteiger partial charge in [0.15, 0.2) is 5.75 Å². The van der Waals surface area contributed by atoms with Crippen LogP contribution in [0, 0.1) is 13.8 Å². The Bertz CT molecular complexity index is 2780. The van der Waals surface area contributed by atoms with Crippen molar-refractivity contribution in [2.45, 2.75) is 23.6 Å². The topological polar surface area (TPSA) is 358 Å². The molecule has 0 unspecified atom stereocenters. The van der Waals surface area contributed by atoms with E-state index in [1.807, 2.05) is 0 Å². The fourth-order valence-corrected chi connectivity index (χ4v) is 6.67. The smallest absolute Gasteiger partial charge is 0.296 e. The summed E-state index contributed by atoms with van der Waals surface area (Å²) in [5.41, 5.74) is 33.3. The zero-order valence-corrected chi connectivity index (χ0v) is 32.0. The summed E-state index contributed by atoms with van der Waals surface area (Å²) in [5.74, 6) is -0.918. The van der Waals surface area contributed by atoms with E-state index < -0.39 is 52.8 Å². The van der Waals surface area contributed by atoms with E-state index in [4.69, 9.17) is 28.7 Å². The molecule has 0 aromatic heterocycles. The predicted octanol–water partition coefficient (Wildman–Crippen LogP) is 9.23. The number of nitrogens with zero attached hydrogens (tertiary/aromatic N) is 8. The van der Waals surface area contributed by atoms with Gasteiger partial charge in [0.1, 0.15) is 32.5 Å². The highest BCUT2D eigenvalue weighted by molar-refractivity contribution is 7.86. The lowest BCUT2D eigenvalue weighted by atomic mass is 10.1. The molecule has 6 rings (SSSR count). The molecule has 0 saturated carbocycles. The molecule has 22 heteroatoms. The van der Waals surface area contributed by atoms with Crippen molar-refractivity contribution >= 4 is 105 Å². The van der Waals surface area contributed by atoms with Crippen LogP contribution in [0.1, 0.15) is 11.1 Å². The molecule has 0 fully saturated rings. The zero-order valence-electron chi connectivity index (χ0n) is 30.3. The standard InChI is InChI=1S/C36H33N13O7S2/c1-17-11-28(26(39)15-24(17)37)46-42-20-3-7-22(8-4-20)44-48-34-30(57(51,52)53)13-19-14-31(58(54,55)56)35(36(50)32(19)33(34)41)49-45-23-9-5-21(6-10-23)43-47-29-12-18(2)25(38)16-27(29)40/h3-16,50H,37-41H2,1-2H3,(H,51,52,53)(H,54,55,56). The summed E-state index contributed by atoms with van der Waals surface area (Å²) in [7, 11) is -10.2. The molecule has 296 valence electrons. The quantitative estimate of drug-likeness (QED) is 0.0364. The average molecular weight is 824 g/mol. The first-order valence-corrected chi connectivity index (χ1v) is 19.4. The van der Waals surface area contributed by atoms with Crippen molar-refractivity contribution in [3.8, 4) is 5.75 Å². The second-order valence-corrected chi connectivity index (χ2v) is 15.4. The van der Waals surface area contributed by atoms with Crippen LogP contribution < -0.4 is 28.7 Å². The first-order valence-electron chi connectivity index (χ1n) is 16.6. The van der Waals surface area contributed by atoms with Crippen LogP contribution in [-0.4, -0.2) is 31.0 Å². The fourth-order valence-electron chi connectivity index (χ4n) is 5.34. The van der Waals surface area contributed by atoms with E-state index in [1.165, 1.54) is 48.5 Å². The van der Waals surface area contributed by atoms with Gasteiger partial charge in [0.05, 0.1) is 45.2 Å². The number of nitrogens with two attached hydrogens (primary N) is 5. The van der Waals surface area contributed by atoms with Crippen LogP contribution >= 0.6 is 0 Å². The molecule has 0 radical (unpaired) electrons. The van der Waals surface area contributed by atoms with Crippen molar-refractivity contribution in [2.75, 3.05) is 28.7 Å². The second kappa shape index (κ2) is 15.6. The first kappa shape index (κ1) is 40.3. The average Bonchev–Trinajstić information content (AvgIpc) is 3.15. The third kappa shape index (κ3) is 8.69. The van der Waals surface area contributed by atoms with E-state index >= 15 is 0 Å². The van der Waals surface area contributed by atoms with Gasteiger partial charge in [-0.15, -0.1) is 20.5 Å². The van der Waals surface area contributed by atoms with E-state index in [9.17, 15) is 31.0 Å². The van der Waals surface area contributed by atoms with Gasteiger partial charge in [-0.25, -0.2) is 0 Å². The Morgan fingerprint density at radius 1 is 0.466 bits per heavy atom. The summed E-state index contributed by atoms with van der Waals surface area (Å²) in [6.07, 6.45) is 0. The molecular weight excluding hydrogens is 791 g/mol. The van der Waals surface area contributed by atoms with Crippen LogP contribution in [0.4, 0.5) is 73.9 Å². The highest BCUT2D eigenvalue weighted by Crippen LogP contribution is 2.48. The van der Waals surface area contributed by atoms with Gasteiger partial charge in [0, 0.05) is 11.4 Å². The molecule has 0 amide bonds. The van der Waals surface area contributed by atoms with Crippen LogP contribution in [0.25, 0.3) is 10.8 Å². The Morgan fingerprint density at radius 3 is 1.19 bits per heavy atom. The number of azo groups is 4. The molecule has 0 aliphatic carbocycles. The Kier molecular flexibility index (Phi) is 10.8. The van der Waals surface area contributed by atoms with Gasteiger partial charge in [-0.2, -0.15) is 37.3 Å². The van der Waals surface area contributed by atoms with Crippen LogP contribution in [0.15, 0.2) is 136 Å². The SMILES string of the molecule is Cc1cc(N=Nc2ccc(N=Nc3c(S(=O)(=O)O)cc4cc(S(=O)(=O)O)c(N=Nc5ccc(N=Nc6cc(C)c(N)cc6N)cc5)c(O)c4c3N)cc2)c(N)cc1N. The number of aryl methyl sites for hydroxylation is 2. The van der Waals surface area contributed by atoms with E-state index in [2.05, 4.69) is 40.9 Å². The number of anilines is 5. The maximum absolute atomic E-state index is 12.5. The van der Waals surface area contributed by atoms with Crippen molar-refractivity contribution in [2.24, 2.45) is 40.9 Å². The molecule has 6 aromatic rings. The highest BCUT2D eigenvalue weighted by atomic mass is 32.2. The minimum absolute atomic E-state index is 0.156. The molecule has 6 aromatic carbocycles. The van der Waals surface area contributed by atoms with Crippen molar-refractivity contribution in [1.29, 1.82) is 0 Å². The van der Waals surface area contributed by atoms with Gasteiger partial charge in [-0.1, -0.05) is 0 Å². The molecular formula is C36H33N13O7S2. The van der Waals surface area contributed by atoms with Crippen molar-refractivity contribution in [1.82, 2.24) is 0 Å². The summed E-state index contributed by atoms with van der Waals surface area (Å²) < 4.78 is 70.1. The maximum atomic E-state index is 12.5. The zero-order chi connectivity index (χ0) is 42.1. The molecule has 0 atom stereocenters. The number of nitrogen functional groups attached to an aromatic ring is 5. The monoisotopic (exact) mass is 823 g/mol. The molecule has 0 aliphatic rings. The number of phenolic OH excluding ortho intramolecular Hbond substituents is 1. The summed E-state index contributed by atoms with van der Waals surface area (Å²) in [4.78, 5) is -1.84. The predicted molar refractivity (Wildman–Crippen MR) is 219 cm³/mol. The summed E-state index contributed by atoms with van der Waals surface area (Å²) >= 11 is 0. The van der Waals surface area contributed by atoms with Crippen molar-refractivity contribution < 1.29 is 31.0 Å². The molecule has 20 nitrogen and oxygen atoms in total. The molecule has 0 bridgehead atoms. The Morgan fingerprint density at radius 2 is 0.810 bits per heavy atom. The number of fused-ring (bicyclic) bond motifs is 1. The number of benzene rings is 6. The number of phenols is 1. The maximum Gasteiger partial charge on any atom is 0.296 e. The lowest BCUT2D eigenvalue weighted by Crippen LogP contribution is -2.03. The summed E-state index contributed by atoms with van der Waals surface area (Å²) in [5, 5.41) is 43.1. The van der Waals surface area contributed by atoms with E-state index in [0.717, 1.165) is 23.3 Å². The van der Waals surface area contributed by atoms with E-state index in [-0.39, 0.29) is 22.1 Å². The largest absolute Gasteiger partial charge is 0.505 e. The molecule has 0 heterocycles. The van der Waals surface area contributed by atoms with Crippen LogP contribution in [-0.2, 0) is 20.2 Å². The van der Waals surface area contributed by atoms with Crippen LogP contribution in [0.2, 0.25) is 0 Å². The van der Waals surface area contributed by atoms with Gasteiger partial charge in [-0.05, 0) is 115 Å². The Labute approximate surface area is 330 Å². The van der Waals surface area contributed by atoms with Gasteiger partial charge in [0.25, 0.3) is 20.2 Å². The Hall–Kier alpha value is -7.40. The number of aromatic hydroxyl groups is 1. The van der Waals surface area contributed by atoms with E-state index in [1.54, 1.807) is 38.1 Å².